The second-order valence-corrected chi connectivity index (χ2v) is 5.41. The minimum absolute atomic E-state index is 0. The predicted molar refractivity (Wildman–Crippen MR) is 106 cm³/mol. The van der Waals surface area contributed by atoms with Gasteiger partial charge in [-0.1, -0.05) is 24.3 Å². The van der Waals surface area contributed by atoms with Gasteiger partial charge >= 0.3 is 0 Å². The molecule has 0 spiro atoms. The molecule has 0 saturated heterocycles. The van der Waals surface area contributed by atoms with E-state index in [1.807, 2.05) is 48.5 Å². The molecule has 2 aromatic carbocycles. The third-order valence-electron chi connectivity index (χ3n) is 3.32. The average Bonchev–Trinajstić information content (AvgIpc) is 2.47. The molecule has 0 aliphatic carbocycles. The van der Waals surface area contributed by atoms with Gasteiger partial charge in [0.15, 0.2) is 0 Å². The second kappa shape index (κ2) is 11.9. The molecule has 0 bridgehead atoms. The highest BCUT2D eigenvalue weighted by Gasteiger charge is 2.03. The van der Waals surface area contributed by atoms with Gasteiger partial charge in [0.25, 0.3) is 0 Å². The Balaban J connectivity index is 0.00000264. The maximum absolute atomic E-state index is 9.94. The van der Waals surface area contributed by atoms with E-state index in [4.69, 9.17) is 11.5 Å². The number of benzene rings is 2. The van der Waals surface area contributed by atoms with E-state index in [1.54, 1.807) is 0 Å². The van der Waals surface area contributed by atoms with E-state index in [2.05, 4.69) is 10.6 Å². The van der Waals surface area contributed by atoms with E-state index >= 15 is 0 Å². The Hall–Kier alpha value is -1.50. The predicted octanol–water partition coefficient (Wildman–Crippen LogP) is 1.93. The standard InChI is InChI=1S/C17H24N4O.2ClH/c18-15-5-1-3-13(7-15)9-20-11-17(22)12-21-10-14-4-2-6-16(19)8-14;;/h1-8,17,20-22H,9-12,18-19H2;2*1H. The van der Waals surface area contributed by atoms with Crippen LogP contribution in [0.1, 0.15) is 11.1 Å². The Labute approximate surface area is 155 Å². The van der Waals surface area contributed by atoms with Crippen molar-refractivity contribution in [3.05, 3.63) is 59.7 Å². The molecule has 2 rings (SSSR count). The van der Waals surface area contributed by atoms with Gasteiger partial charge in [0.2, 0.25) is 0 Å². The first-order chi connectivity index (χ1) is 10.6. The monoisotopic (exact) mass is 372 g/mol. The van der Waals surface area contributed by atoms with Crippen molar-refractivity contribution in [1.82, 2.24) is 10.6 Å². The SMILES string of the molecule is Cl.Cl.Nc1cccc(CNCC(O)CNCc2cccc(N)c2)c1. The summed E-state index contributed by atoms with van der Waals surface area (Å²) in [5.74, 6) is 0. The Kier molecular flexibility index (Phi) is 11.2. The van der Waals surface area contributed by atoms with Gasteiger partial charge in [-0.3, -0.25) is 0 Å². The lowest BCUT2D eigenvalue weighted by molar-refractivity contribution is 0.168. The first-order valence-electron chi connectivity index (χ1n) is 7.42. The summed E-state index contributed by atoms with van der Waals surface area (Å²) in [6.07, 6.45) is -0.442. The van der Waals surface area contributed by atoms with Gasteiger partial charge in [-0.15, -0.1) is 24.8 Å². The highest BCUT2D eigenvalue weighted by molar-refractivity contribution is 5.85. The molecule has 5 nitrogen and oxygen atoms in total. The number of rotatable bonds is 8. The quantitative estimate of drug-likeness (QED) is 0.456. The molecule has 0 saturated carbocycles. The van der Waals surface area contributed by atoms with Gasteiger partial charge in [0.1, 0.15) is 0 Å². The third-order valence-corrected chi connectivity index (χ3v) is 3.32. The molecular weight excluding hydrogens is 347 g/mol. The van der Waals surface area contributed by atoms with Crippen molar-refractivity contribution in [2.75, 3.05) is 24.6 Å². The Bertz CT molecular complexity index is 547. The van der Waals surface area contributed by atoms with Crippen LogP contribution in [0.25, 0.3) is 0 Å². The molecular formula is C17H26Cl2N4O. The lowest BCUT2D eigenvalue weighted by atomic mass is 10.2. The van der Waals surface area contributed by atoms with Crippen LogP contribution in [0.15, 0.2) is 48.5 Å². The minimum Gasteiger partial charge on any atom is -0.399 e. The summed E-state index contributed by atoms with van der Waals surface area (Å²) < 4.78 is 0. The van der Waals surface area contributed by atoms with E-state index < -0.39 is 6.10 Å². The van der Waals surface area contributed by atoms with Crippen LogP contribution < -0.4 is 22.1 Å². The van der Waals surface area contributed by atoms with Crippen LogP contribution in [0.4, 0.5) is 11.4 Å². The molecule has 0 aliphatic rings. The van der Waals surface area contributed by atoms with Crippen molar-refractivity contribution in [1.29, 1.82) is 0 Å². The molecule has 0 amide bonds. The summed E-state index contributed by atoms with van der Waals surface area (Å²) in [5, 5.41) is 16.4. The average molecular weight is 373 g/mol. The fourth-order valence-electron chi connectivity index (χ4n) is 2.24. The smallest absolute Gasteiger partial charge is 0.0788 e. The van der Waals surface area contributed by atoms with Crippen molar-refractivity contribution in [3.8, 4) is 0 Å². The molecule has 7 N–H and O–H groups in total. The zero-order valence-electron chi connectivity index (χ0n) is 13.4. The molecule has 0 radical (unpaired) electrons. The van der Waals surface area contributed by atoms with E-state index in [-0.39, 0.29) is 24.8 Å². The van der Waals surface area contributed by atoms with Crippen LogP contribution in [0.3, 0.4) is 0 Å². The molecule has 7 heteroatoms. The molecule has 0 unspecified atom stereocenters. The number of nitrogens with two attached hydrogens (primary N) is 2. The largest absolute Gasteiger partial charge is 0.399 e. The van der Waals surface area contributed by atoms with Gasteiger partial charge in [0.05, 0.1) is 6.10 Å². The van der Waals surface area contributed by atoms with E-state index in [0.29, 0.717) is 26.2 Å². The van der Waals surface area contributed by atoms with Crippen LogP contribution in [-0.2, 0) is 13.1 Å². The number of aliphatic hydroxyl groups is 1. The summed E-state index contributed by atoms with van der Waals surface area (Å²) in [6, 6.07) is 15.4. The summed E-state index contributed by atoms with van der Waals surface area (Å²) in [5.41, 5.74) is 15.2. The molecule has 0 atom stereocenters. The maximum atomic E-state index is 9.94. The van der Waals surface area contributed by atoms with Crippen LogP contribution in [-0.4, -0.2) is 24.3 Å². The summed E-state index contributed by atoms with van der Waals surface area (Å²) in [6.45, 7) is 2.44. The first kappa shape index (κ1) is 22.5. The summed E-state index contributed by atoms with van der Waals surface area (Å²) in [4.78, 5) is 0. The fourth-order valence-corrected chi connectivity index (χ4v) is 2.24. The van der Waals surface area contributed by atoms with Crippen LogP contribution in [0.2, 0.25) is 0 Å². The van der Waals surface area contributed by atoms with Crippen molar-refractivity contribution < 1.29 is 5.11 Å². The Morgan fingerprint density at radius 2 is 1.21 bits per heavy atom. The first-order valence-corrected chi connectivity index (χ1v) is 7.42. The molecule has 0 heterocycles. The number of aliphatic hydroxyl groups excluding tert-OH is 1. The van der Waals surface area contributed by atoms with Gasteiger partial charge in [0, 0.05) is 37.6 Å². The summed E-state index contributed by atoms with van der Waals surface area (Å²) in [7, 11) is 0. The van der Waals surface area contributed by atoms with E-state index in [9.17, 15) is 5.11 Å². The number of nitrogens with one attached hydrogen (secondary N) is 2. The Morgan fingerprint density at radius 3 is 1.58 bits per heavy atom. The van der Waals surface area contributed by atoms with E-state index in [1.165, 1.54) is 0 Å². The van der Waals surface area contributed by atoms with Crippen molar-refractivity contribution in [2.24, 2.45) is 0 Å². The highest BCUT2D eigenvalue weighted by Crippen LogP contribution is 2.06. The number of nitrogen functional groups attached to an aromatic ring is 2. The Morgan fingerprint density at radius 1 is 0.792 bits per heavy atom. The number of hydrogen-bond acceptors (Lipinski definition) is 5. The molecule has 2 aromatic rings. The van der Waals surface area contributed by atoms with Gasteiger partial charge < -0.3 is 27.2 Å². The van der Waals surface area contributed by atoms with Crippen molar-refractivity contribution in [2.45, 2.75) is 19.2 Å². The zero-order chi connectivity index (χ0) is 15.8. The van der Waals surface area contributed by atoms with Crippen LogP contribution in [0.5, 0.6) is 0 Å². The molecule has 0 fully saturated rings. The maximum Gasteiger partial charge on any atom is 0.0788 e. The van der Waals surface area contributed by atoms with Gasteiger partial charge in [-0.25, -0.2) is 0 Å². The topological polar surface area (TPSA) is 96.3 Å². The van der Waals surface area contributed by atoms with E-state index in [0.717, 1.165) is 22.5 Å². The second-order valence-electron chi connectivity index (χ2n) is 5.41. The number of anilines is 2. The molecule has 0 aliphatic heterocycles. The lowest BCUT2D eigenvalue weighted by Gasteiger charge is -2.13. The molecule has 0 aromatic heterocycles. The molecule has 134 valence electrons. The van der Waals surface area contributed by atoms with Crippen LogP contribution >= 0.6 is 24.8 Å². The van der Waals surface area contributed by atoms with Crippen molar-refractivity contribution >= 4 is 36.2 Å². The number of halogens is 2. The third kappa shape index (κ3) is 8.38. The zero-order valence-corrected chi connectivity index (χ0v) is 15.1. The highest BCUT2D eigenvalue weighted by atomic mass is 35.5. The van der Waals surface area contributed by atoms with Gasteiger partial charge in [-0.05, 0) is 35.4 Å². The minimum atomic E-state index is -0.442. The van der Waals surface area contributed by atoms with Crippen LogP contribution in [0, 0.1) is 0 Å². The lowest BCUT2D eigenvalue weighted by Crippen LogP contribution is -2.35. The van der Waals surface area contributed by atoms with Crippen molar-refractivity contribution in [3.63, 3.8) is 0 Å². The summed E-state index contributed by atoms with van der Waals surface area (Å²) >= 11 is 0. The molecule has 24 heavy (non-hydrogen) atoms. The fraction of sp³-hybridized carbons (Fsp3) is 0.294. The number of hydrogen-bond donors (Lipinski definition) is 5. The van der Waals surface area contributed by atoms with Gasteiger partial charge in [-0.2, -0.15) is 0 Å². The normalized spacial score (nSPS) is 10.1.